The van der Waals surface area contributed by atoms with E-state index in [1.54, 1.807) is 23.3 Å². The number of nitrogens with zero attached hydrogens (tertiary/aromatic N) is 2. The molecule has 1 aromatic rings. The van der Waals surface area contributed by atoms with Crippen LogP contribution >= 0.6 is 11.3 Å². The first-order chi connectivity index (χ1) is 12.3. The molecule has 0 aliphatic carbocycles. The predicted molar refractivity (Wildman–Crippen MR) is 101 cm³/mol. The molecule has 26 heavy (non-hydrogen) atoms. The Balaban J connectivity index is 1.72. The molecule has 0 radical (unpaired) electrons. The molecule has 0 aromatic carbocycles. The smallest absolute Gasteiger partial charge is 0.306 e. The summed E-state index contributed by atoms with van der Waals surface area (Å²) in [6.07, 6.45) is 3.06. The Hall–Kier alpha value is -1.89. The van der Waals surface area contributed by atoms with Gasteiger partial charge in [0, 0.05) is 36.3 Å². The molecule has 1 N–H and O–H groups in total. The van der Waals surface area contributed by atoms with Crippen molar-refractivity contribution in [3.63, 3.8) is 0 Å². The van der Waals surface area contributed by atoms with E-state index in [4.69, 9.17) is 5.11 Å². The van der Waals surface area contributed by atoms with Crippen molar-refractivity contribution in [1.29, 1.82) is 0 Å². The number of hydrogen-bond donors (Lipinski definition) is 1. The maximum atomic E-state index is 12.3. The highest BCUT2D eigenvalue weighted by atomic mass is 32.1. The molecule has 6 nitrogen and oxygen atoms in total. The maximum absolute atomic E-state index is 12.3. The Morgan fingerprint density at radius 3 is 2.46 bits per heavy atom. The minimum atomic E-state index is -0.791. The van der Waals surface area contributed by atoms with E-state index in [1.165, 1.54) is 20.2 Å². The fourth-order valence-electron chi connectivity index (χ4n) is 3.32. The zero-order valence-electron chi connectivity index (χ0n) is 15.8. The van der Waals surface area contributed by atoms with E-state index in [0.29, 0.717) is 32.4 Å². The summed E-state index contributed by atoms with van der Waals surface area (Å²) in [7, 11) is 1.66. The third-order valence-corrected chi connectivity index (χ3v) is 5.98. The largest absolute Gasteiger partial charge is 0.481 e. The highest BCUT2D eigenvalue weighted by molar-refractivity contribution is 7.12. The van der Waals surface area contributed by atoms with Gasteiger partial charge in [-0.2, -0.15) is 0 Å². The number of thiophene rings is 1. The van der Waals surface area contributed by atoms with Crippen LogP contribution in [0.2, 0.25) is 0 Å². The van der Waals surface area contributed by atoms with E-state index >= 15 is 0 Å². The summed E-state index contributed by atoms with van der Waals surface area (Å²) in [5, 5.41) is 9.01. The lowest BCUT2D eigenvalue weighted by atomic mass is 9.97. The Bertz CT molecular complexity index is 662. The van der Waals surface area contributed by atoms with Crippen LogP contribution in [0.5, 0.6) is 0 Å². The van der Waals surface area contributed by atoms with E-state index in [1.807, 2.05) is 0 Å². The van der Waals surface area contributed by atoms with Crippen molar-refractivity contribution in [3.05, 3.63) is 21.4 Å². The van der Waals surface area contributed by atoms with Gasteiger partial charge in [0.25, 0.3) is 0 Å². The van der Waals surface area contributed by atoms with Gasteiger partial charge in [-0.3, -0.25) is 14.4 Å². The first-order valence-electron chi connectivity index (χ1n) is 9.08. The summed E-state index contributed by atoms with van der Waals surface area (Å²) in [4.78, 5) is 41.3. The number of amides is 2. The van der Waals surface area contributed by atoms with Gasteiger partial charge in [-0.15, -0.1) is 11.3 Å². The molecule has 0 unspecified atom stereocenters. The van der Waals surface area contributed by atoms with Crippen molar-refractivity contribution in [2.45, 2.75) is 46.0 Å². The summed E-state index contributed by atoms with van der Waals surface area (Å²) in [5.74, 6) is -1.28. The number of carboxylic acid groups (broad SMARTS) is 1. The molecule has 0 saturated carbocycles. The van der Waals surface area contributed by atoms with Gasteiger partial charge in [0.2, 0.25) is 11.8 Å². The minimum Gasteiger partial charge on any atom is -0.481 e. The van der Waals surface area contributed by atoms with Crippen molar-refractivity contribution in [2.24, 2.45) is 5.92 Å². The van der Waals surface area contributed by atoms with Gasteiger partial charge in [-0.05, 0) is 51.2 Å². The van der Waals surface area contributed by atoms with E-state index in [2.05, 4.69) is 19.9 Å². The monoisotopic (exact) mass is 380 g/mol. The highest BCUT2D eigenvalue weighted by Gasteiger charge is 2.27. The first-order valence-corrected chi connectivity index (χ1v) is 9.90. The first kappa shape index (κ1) is 20.4. The van der Waals surface area contributed by atoms with E-state index in [9.17, 15) is 14.4 Å². The molecule has 0 atom stereocenters. The molecule has 1 aliphatic rings. The zero-order valence-corrected chi connectivity index (χ0v) is 16.6. The SMILES string of the molecule is Cc1cc(CCCC(=O)N(C)CC(=O)N2CCC(C(=O)O)CC2)c(C)s1. The third kappa shape index (κ3) is 5.56. The van der Waals surface area contributed by atoms with Crippen LogP contribution in [-0.2, 0) is 20.8 Å². The Morgan fingerprint density at radius 2 is 1.92 bits per heavy atom. The number of carbonyl (C=O) groups excluding carboxylic acids is 2. The van der Waals surface area contributed by atoms with Crippen LogP contribution in [0.3, 0.4) is 0 Å². The Kier molecular flexibility index (Phi) is 7.20. The molecule has 0 bridgehead atoms. The summed E-state index contributed by atoms with van der Waals surface area (Å²) >= 11 is 1.78. The van der Waals surface area contributed by atoms with Gasteiger partial charge >= 0.3 is 5.97 Å². The predicted octanol–water partition coefficient (Wildman–Crippen LogP) is 2.47. The number of hydrogen-bond acceptors (Lipinski definition) is 4. The zero-order chi connectivity index (χ0) is 19.3. The molecule has 1 fully saturated rings. The molecular weight excluding hydrogens is 352 g/mol. The molecule has 7 heteroatoms. The second-order valence-electron chi connectivity index (χ2n) is 7.04. The van der Waals surface area contributed by atoms with Crippen LogP contribution in [0, 0.1) is 19.8 Å². The van der Waals surface area contributed by atoms with Crippen LogP contribution in [-0.4, -0.2) is 59.4 Å². The molecule has 1 aromatic heterocycles. The van der Waals surface area contributed by atoms with Gasteiger partial charge in [0.15, 0.2) is 0 Å². The number of aliphatic carboxylic acids is 1. The van der Waals surface area contributed by atoms with Crippen LogP contribution in [0.4, 0.5) is 0 Å². The lowest BCUT2D eigenvalue weighted by Gasteiger charge is -2.31. The van der Waals surface area contributed by atoms with Crippen LogP contribution in [0.1, 0.15) is 41.0 Å². The molecule has 2 rings (SSSR count). The second kappa shape index (κ2) is 9.16. The second-order valence-corrected chi connectivity index (χ2v) is 8.50. The van der Waals surface area contributed by atoms with E-state index in [0.717, 1.165) is 12.8 Å². The van der Waals surface area contributed by atoms with Gasteiger partial charge < -0.3 is 14.9 Å². The highest BCUT2D eigenvalue weighted by Crippen LogP contribution is 2.22. The summed E-state index contributed by atoms with van der Waals surface area (Å²) in [5.41, 5.74) is 1.31. The molecule has 1 aliphatic heterocycles. The number of likely N-dealkylation sites (N-methyl/N-ethyl adjacent to an activating group) is 1. The number of rotatable bonds is 7. The van der Waals surface area contributed by atoms with Gasteiger partial charge in [-0.25, -0.2) is 0 Å². The fraction of sp³-hybridized carbons (Fsp3) is 0.632. The van der Waals surface area contributed by atoms with Crippen LogP contribution < -0.4 is 0 Å². The standard InChI is InChI=1S/C19H28N2O4S/c1-13-11-16(14(2)26-13)5-4-6-17(22)20(3)12-18(23)21-9-7-15(8-10-21)19(24)25/h11,15H,4-10,12H2,1-3H3,(H,24,25). The molecular formula is C19H28N2O4S. The van der Waals surface area contributed by atoms with Crippen molar-refractivity contribution in [3.8, 4) is 0 Å². The van der Waals surface area contributed by atoms with Gasteiger partial charge in [0.05, 0.1) is 12.5 Å². The van der Waals surface area contributed by atoms with Crippen molar-refractivity contribution < 1.29 is 19.5 Å². The average Bonchev–Trinajstić information content (AvgIpc) is 2.92. The Morgan fingerprint density at radius 1 is 1.27 bits per heavy atom. The molecule has 2 amide bonds. The van der Waals surface area contributed by atoms with Crippen LogP contribution in [0.25, 0.3) is 0 Å². The number of aryl methyl sites for hydroxylation is 3. The Labute approximate surface area is 158 Å². The number of carboxylic acids is 1. The van der Waals surface area contributed by atoms with Gasteiger partial charge in [-0.1, -0.05) is 0 Å². The normalized spacial score (nSPS) is 15.1. The minimum absolute atomic E-state index is 0.0247. The van der Waals surface area contributed by atoms with Crippen LogP contribution in [0.15, 0.2) is 6.07 Å². The van der Waals surface area contributed by atoms with E-state index in [-0.39, 0.29) is 24.3 Å². The number of carbonyl (C=O) groups is 3. The summed E-state index contributed by atoms with van der Waals surface area (Å²) in [6, 6.07) is 2.18. The fourth-order valence-corrected chi connectivity index (χ4v) is 4.30. The third-order valence-electron chi connectivity index (χ3n) is 4.98. The lowest BCUT2D eigenvalue weighted by Crippen LogP contribution is -2.45. The topological polar surface area (TPSA) is 77.9 Å². The summed E-state index contributed by atoms with van der Waals surface area (Å²) < 4.78 is 0. The number of likely N-dealkylation sites (tertiary alicyclic amines) is 1. The van der Waals surface area contributed by atoms with Gasteiger partial charge in [0.1, 0.15) is 0 Å². The molecule has 1 saturated heterocycles. The quantitative estimate of drug-likeness (QED) is 0.788. The summed E-state index contributed by atoms with van der Waals surface area (Å²) in [6.45, 7) is 5.16. The molecule has 0 spiro atoms. The average molecular weight is 381 g/mol. The molecule has 144 valence electrons. The number of piperidine rings is 1. The van der Waals surface area contributed by atoms with Crippen molar-refractivity contribution in [1.82, 2.24) is 9.80 Å². The van der Waals surface area contributed by atoms with E-state index < -0.39 is 5.97 Å². The maximum Gasteiger partial charge on any atom is 0.306 e. The lowest BCUT2D eigenvalue weighted by molar-refractivity contribution is -0.146. The molecule has 2 heterocycles. The van der Waals surface area contributed by atoms with Crippen molar-refractivity contribution in [2.75, 3.05) is 26.7 Å². The van der Waals surface area contributed by atoms with Crippen molar-refractivity contribution >= 4 is 29.1 Å².